The Bertz CT molecular complexity index is 1130. The van der Waals surface area contributed by atoms with Gasteiger partial charge in [-0.2, -0.15) is 0 Å². The summed E-state index contributed by atoms with van der Waals surface area (Å²) in [5, 5.41) is 0. The van der Waals surface area contributed by atoms with Gasteiger partial charge in [0.05, 0.1) is 26.3 Å². The van der Waals surface area contributed by atoms with Crippen molar-refractivity contribution in [1.82, 2.24) is 4.90 Å². The lowest BCUT2D eigenvalue weighted by Gasteiger charge is -2.29. The number of para-hydroxylation sites is 1. The molecule has 1 heterocycles. The number of rotatable bonds is 8. The van der Waals surface area contributed by atoms with Gasteiger partial charge in [0, 0.05) is 12.5 Å². The van der Waals surface area contributed by atoms with Crippen LogP contribution in [-0.2, 0) is 20.8 Å². The van der Waals surface area contributed by atoms with Crippen LogP contribution in [0.25, 0.3) is 0 Å². The zero-order valence-corrected chi connectivity index (χ0v) is 21.3. The SMILES string of the molecule is COc1ccc(CCN(C(=O)C2C(C)(C)C2(C)C)C2CC(=O)N(c3ccccc3)C2=O)cc1OC. The van der Waals surface area contributed by atoms with E-state index in [1.54, 1.807) is 43.4 Å². The first kappa shape index (κ1) is 24.8. The molecule has 0 aromatic heterocycles. The molecular weight excluding hydrogens is 444 g/mol. The average Bonchev–Trinajstić information content (AvgIpc) is 3.07. The molecule has 7 heteroatoms. The van der Waals surface area contributed by atoms with Gasteiger partial charge in [0.25, 0.3) is 5.91 Å². The first-order valence-corrected chi connectivity index (χ1v) is 12.0. The minimum atomic E-state index is -0.817. The van der Waals surface area contributed by atoms with Crippen molar-refractivity contribution in [1.29, 1.82) is 0 Å². The van der Waals surface area contributed by atoms with Crippen LogP contribution < -0.4 is 14.4 Å². The topological polar surface area (TPSA) is 76.2 Å². The van der Waals surface area contributed by atoms with E-state index in [0.717, 1.165) is 5.56 Å². The smallest absolute Gasteiger partial charge is 0.257 e. The summed E-state index contributed by atoms with van der Waals surface area (Å²) in [6.45, 7) is 8.66. The zero-order chi connectivity index (χ0) is 25.5. The van der Waals surface area contributed by atoms with Gasteiger partial charge < -0.3 is 14.4 Å². The zero-order valence-electron chi connectivity index (χ0n) is 21.3. The van der Waals surface area contributed by atoms with Crippen molar-refractivity contribution in [2.24, 2.45) is 16.7 Å². The van der Waals surface area contributed by atoms with Gasteiger partial charge in [-0.05, 0) is 47.1 Å². The summed E-state index contributed by atoms with van der Waals surface area (Å²) < 4.78 is 10.7. The van der Waals surface area contributed by atoms with E-state index in [4.69, 9.17) is 9.47 Å². The maximum absolute atomic E-state index is 13.9. The molecule has 1 aliphatic heterocycles. The molecule has 0 bridgehead atoms. The highest BCUT2D eigenvalue weighted by Gasteiger charge is 2.69. The summed E-state index contributed by atoms with van der Waals surface area (Å²) in [4.78, 5) is 43.1. The molecular formula is C28H34N2O5. The third kappa shape index (κ3) is 4.17. The van der Waals surface area contributed by atoms with E-state index in [2.05, 4.69) is 27.7 Å². The van der Waals surface area contributed by atoms with Crippen LogP contribution in [0.2, 0.25) is 0 Å². The summed E-state index contributed by atoms with van der Waals surface area (Å²) in [7, 11) is 3.16. The van der Waals surface area contributed by atoms with Crippen LogP contribution in [0.3, 0.4) is 0 Å². The Morgan fingerprint density at radius 2 is 1.60 bits per heavy atom. The number of hydrogen-bond donors (Lipinski definition) is 0. The number of amides is 3. The monoisotopic (exact) mass is 478 g/mol. The van der Waals surface area contributed by atoms with Crippen molar-refractivity contribution in [3.8, 4) is 11.5 Å². The maximum Gasteiger partial charge on any atom is 0.257 e. The number of imide groups is 1. The lowest BCUT2D eigenvalue weighted by molar-refractivity contribution is -0.140. The Labute approximate surface area is 207 Å². The molecule has 0 N–H and O–H groups in total. The quantitative estimate of drug-likeness (QED) is 0.534. The summed E-state index contributed by atoms with van der Waals surface area (Å²) >= 11 is 0. The van der Waals surface area contributed by atoms with Crippen LogP contribution >= 0.6 is 0 Å². The number of carbonyl (C=O) groups excluding carboxylic acids is 3. The molecule has 3 amide bonds. The van der Waals surface area contributed by atoms with Crippen molar-refractivity contribution >= 4 is 23.4 Å². The molecule has 35 heavy (non-hydrogen) atoms. The fourth-order valence-electron chi connectivity index (χ4n) is 5.39. The highest BCUT2D eigenvalue weighted by molar-refractivity contribution is 6.23. The molecule has 7 nitrogen and oxygen atoms in total. The van der Waals surface area contributed by atoms with Gasteiger partial charge in [0.15, 0.2) is 11.5 Å². The molecule has 4 rings (SSSR count). The summed E-state index contributed by atoms with van der Waals surface area (Å²) in [5.74, 6) is 0.314. The molecule has 1 aliphatic carbocycles. The van der Waals surface area contributed by atoms with Gasteiger partial charge in [0.2, 0.25) is 11.8 Å². The molecule has 0 spiro atoms. The fourth-order valence-corrected chi connectivity index (χ4v) is 5.39. The molecule has 2 fully saturated rings. The molecule has 1 saturated carbocycles. The van der Waals surface area contributed by atoms with E-state index >= 15 is 0 Å². The van der Waals surface area contributed by atoms with Crippen LogP contribution in [0.1, 0.15) is 39.7 Å². The minimum absolute atomic E-state index is 0.0149. The van der Waals surface area contributed by atoms with Gasteiger partial charge in [-0.25, -0.2) is 4.90 Å². The Hall–Kier alpha value is -3.35. The molecule has 2 aliphatic rings. The second-order valence-corrected chi connectivity index (χ2v) is 10.5. The molecule has 0 radical (unpaired) electrons. The van der Waals surface area contributed by atoms with Crippen molar-refractivity contribution in [3.63, 3.8) is 0 Å². The third-order valence-corrected chi connectivity index (χ3v) is 8.15. The number of methoxy groups -OCH3 is 2. The van der Waals surface area contributed by atoms with Gasteiger partial charge in [-0.15, -0.1) is 0 Å². The Balaban J connectivity index is 1.62. The van der Waals surface area contributed by atoms with Crippen molar-refractivity contribution in [2.45, 2.75) is 46.6 Å². The Morgan fingerprint density at radius 1 is 0.971 bits per heavy atom. The van der Waals surface area contributed by atoms with E-state index < -0.39 is 6.04 Å². The summed E-state index contributed by atoms with van der Waals surface area (Å²) in [6.07, 6.45) is 0.502. The lowest BCUT2D eigenvalue weighted by Crippen LogP contribution is -2.47. The Morgan fingerprint density at radius 3 is 2.17 bits per heavy atom. The van der Waals surface area contributed by atoms with Crippen LogP contribution in [0.4, 0.5) is 5.69 Å². The summed E-state index contributed by atoms with van der Waals surface area (Å²) in [6, 6.07) is 13.7. The predicted octanol–water partition coefficient (Wildman–Crippen LogP) is 4.09. The minimum Gasteiger partial charge on any atom is -0.493 e. The number of ether oxygens (including phenoxy) is 2. The second kappa shape index (κ2) is 9.02. The third-order valence-electron chi connectivity index (χ3n) is 8.15. The van der Waals surface area contributed by atoms with Gasteiger partial charge in [-0.3, -0.25) is 14.4 Å². The number of nitrogens with zero attached hydrogens (tertiary/aromatic N) is 2. The molecule has 2 aromatic carbocycles. The number of benzene rings is 2. The second-order valence-electron chi connectivity index (χ2n) is 10.5. The van der Waals surface area contributed by atoms with E-state index in [0.29, 0.717) is 30.2 Å². The highest BCUT2D eigenvalue weighted by Crippen LogP contribution is 2.69. The van der Waals surface area contributed by atoms with Crippen molar-refractivity contribution in [2.75, 3.05) is 25.7 Å². The van der Waals surface area contributed by atoms with E-state index in [9.17, 15) is 14.4 Å². The summed E-state index contributed by atoms with van der Waals surface area (Å²) in [5.41, 5.74) is 1.11. The molecule has 1 atom stereocenters. The molecule has 2 aromatic rings. The van der Waals surface area contributed by atoms with Gasteiger partial charge in [-0.1, -0.05) is 52.0 Å². The van der Waals surface area contributed by atoms with E-state index in [-0.39, 0.29) is 40.9 Å². The van der Waals surface area contributed by atoms with Gasteiger partial charge >= 0.3 is 0 Å². The van der Waals surface area contributed by atoms with Crippen LogP contribution in [0.5, 0.6) is 11.5 Å². The van der Waals surface area contributed by atoms with Crippen LogP contribution in [0.15, 0.2) is 48.5 Å². The largest absolute Gasteiger partial charge is 0.493 e. The number of anilines is 1. The molecule has 1 unspecified atom stereocenters. The lowest BCUT2D eigenvalue weighted by atomic mass is 10.0. The predicted molar refractivity (Wildman–Crippen MR) is 133 cm³/mol. The maximum atomic E-state index is 13.9. The van der Waals surface area contributed by atoms with Crippen LogP contribution in [0, 0.1) is 16.7 Å². The highest BCUT2D eigenvalue weighted by atomic mass is 16.5. The number of hydrogen-bond acceptors (Lipinski definition) is 5. The normalized spacial score (nSPS) is 20.6. The van der Waals surface area contributed by atoms with E-state index in [1.807, 2.05) is 24.3 Å². The first-order valence-electron chi connectivity index (χ1n) is 12.0. The fraction of sp³-hybridized carbons (Fsp3) is 0.464. The van der Waals surface area contributed by atoms with Crippen molar-refractivity contribution < 1.29 is 23.9 Å². The van der Waals surface area contributed by atoms with Crippen molar-refractivity contribution in [3.05, 3.63) is 54.1 Å². The molecule has 1 saturated heterocycles. The van der Waals surface area contributed by atoms with Gasteiger partial charge in [0.1, 0.15) is 6.04 Å². The Kier molecular flexibility index (Phi) is 6.38. The standard InChI is InChI=1S/C28H34N2O5/c1-27(2)24(28(27,3)4)26(33)29(15-14-18-12-13-21(34-5)22(16-18)35-6)20-17-23(31)30(25(20)32)19-10-8-7-9-11-19/h7-13,16,20,24H,14-15,17H2,1-6H3. The first-order chi connectivity index (χ1) is 16.5. The molecule has 186 valence electrons. The number of carbonyl (C=O) groups is 3. The average molecular weight is 479 g/mol. The van der Waals surface area contributed by atoms with E-state index in [1.165, 1.54) is 4.90 Å². The van der Waals surface area contributed by atoms with Crippen LogP contribution in [-0.4, -0.2) is 49.4 Å².